The second kappa shape index (κ2) is 7.31. The number of carbonyl (C=O) groups is 1. The van der Waals surface area contributed by atoms with Crippen LogP contribution in [0.3, 0.4) is 0 Å². The molecule has 9 heteroatoms. The molecule has 126 valence electrons. The van der Waals surface area contributed by atoms with Gasteiger partial charge in [-0.15, -0.1) is 0 Å². The number of rotatable bonds is 4. The molecule has 0 radical (unpaired) electrons. The first-order chi connectivity index (χ1) is 11.3. The van der Waals surface area contributed by atoms with E-state index in [1.165, 1.54) is 13.3 Å². The average Bonchev–Trinajstić information content (AvgIpc) is 2.55. The van der Waals surface area contributed by atoms with Crippen molar-refractivity contribution in [2.45, 2.75) is 6.18 Å². The number of pyridine rings is 1. The van der Waals surface area contributed by atoms with E-state index in [4.69, 9.17) is 11.6 Å². The number of anilines is 1. The molecular formula is C15H11ClF3N3O2. The fourth-order valence-electron chi connectivity index (χ4n) is 1.67. The number of esters is 1. The molecule has 1 aromatic carbocycles. The van der Waals surface area contributed by atoms with Gasteiger partial charge in [-0.2, -0.15) is 18.3 Å². The molecule has 1 N–H and O–H groups in total. The first-order valence-electron chi connectivity index (χ1n) is 6.51. The van der Waals surface area contributed by atoms with Crippen molar-refractivity contribution >= 4 is 29.6 Å². The zero-order chi connectivity index (χ0) is 17.7. The Kier molecular flexibility index (Phi) is 5.40. The number of halogens is 4. The number of hydrazone groups is 1. The lowest BCUT2D eigenvalue weighted by molar-refractivity contribution is -0.137. The molecule has 0 amide bonds. The number of alkyl halides is 3. The number of nitrogens with one attached hydrogen (secondary N) is 1. The molecule has 0 saturated carbocycles. The Morgan fingerprint density at radius 3 is 2.54 bits per heavy atom. The number of nitrogens with zero attached hydrogens (tertiary/aromatic N) is 2. The maximum atomic E-state index is 12.5. The molecule has 2 rings (SSSR count). The summed E-state index contributed by atoms with van der Waals surface area (Å²) < 4.78 is 42.1. The van der Waals surface area contributed by atoms with Crippen LogP contribution in [0.15, 0.2) is 41.6 Å². The largest absolute Gasteiger partial charge is 0.465 e. The Morgan fingerprint density at radius 2 is 2.00 bits per heavy atom. The predicted octanol–water partition coefficient (Wildman–Crippen LogP) is 3.99. The summed E-state index contributed by atoms with van der Waals surface area (Å²) in [5.74, 6) is -0.468. The summed E-state index contributed by atoms with van der Waals surface area (Å²) in [6.07, 6.45) is -2.45. The highest BCUT2D eigenvalue weighted by Crippen LogP contribution is 2.32. The highest BCUT2D eigenvalue weighted by atomic mass is 35.5. The van der Waals surface area contributed by atoms with Crippen molar-refractivity contribution in [2.24, 2.45) is 5.10 Å². The van der Waals surface area contributed by atoms with E-state index in [0.29, 0.717) is 17.3 Å². The minimum atomic E-state index is -4.51. The summed E-state index contributed by atoms with van der Waals surface area (Å²) in [6, 6.07) is 7.11. The van der Waals surface area contributed by atoms with Gasteiger partial charge in [0.15, 0.2) is 5.82 Å². The smallest absolute Gasteiger partial charge is 0.417 e. The molecule has 0 fully saturated rings. The van der Waals surface area contributed by atoms with E-state index >= 15 is 0 Å². The zero-order valence-corrected chi connectivity index (χ0v) is 13.0. The Labute approximate surface area is 140 Å². The van der Waals surface area contributed by atoms with Crippen molar-refractivity contribution in [3.63, 3.8) is 0 Å². The minimum absolute atomic E-state index is 0.00732. The van der Waals surface area contributed by atoms with Crippen LogP contribution >= 0.6 is 11.6 Å². The molecule has 0 aliphatic rings. The Bertz CT molecular complexity index is 762. The van der Waals surface area contributed by atoms with Crippen LogP contribution in [0.4, 0.5) is 19.0 Å². The molecule has 2 aromatic rings. The van der Waals surface area contributed by atoms with Crippen LogP contribution in [0.1, 0.15) is 21.5 Å². The van der Waals surface area contributed by atoms with E-state index in [1.54, 1.807) is 24.3 Å². The molecule has 0 aliphatic carbocycles. The first kappa shape index (κ1) is 17.7. The SMILES string of the molecule is COC(=O)c1ccc(/C=N\Nc2ncc(C(F)(F)F)cc2Cl)cc1. The van der Waals surface area contributed by atoms with Crippen molar-refractivity contribution in [1.29, 1.82) is 0 Å². The number of benzene rings is 1. The molecule has 1 aromatic heterocycles. The summed E-state index contributed by atoms with van der Waals surface area (Å²) in [5, 5.41) is 3.63. The van der Waals surface area contributed by atoms with Crippen LogP contribution in [0.25, 0.3) is 0 Å². The third-order valence-corrected chi connectivity index (χ3v) is 3.17. The Morgan fingerprint density at radius 1 is 1.33 bits per heavy atom. The van der Waals surface area contributed by atoms with Gasteiger partial charge in [-0.25, -0.2) is 9.78 Å². The Balaban J connectivity index is 2.05. The summed E-state index contributed by atoms with van der Waals surface area (Å²) in [4.78, 5) is 14.9. The predicted molar refractivity (Wildman–Crippen MR) is 83.2 cm³/mol. The first-order valence-corrected chi connectivity index (χ1v) is 6.89. The van der Waals surface area contributed by atoms with E-state index < -0.39 is 17.7 Å². The van der Waals surface area contributed by atoms with Gasteiger partial charge in [0.05, 0.1) is 29.5 Å². The van der Waals surface area contributed by atoms with Gasteiger partial charge in [0, 0.05) is 6.20 Å². The fourth-order valence-corrected chi connectivity index (χ4v) is 1.87. The monoisotopic (exact) mass is 357 g/mol. The van der Waals surface area contributed by atoms with Gasteiger partial charge in [0.2, 0.25) is 0 Å². The second-order valence-electron chi connectivity index (χ2n) is 4.54. The van der Waals surface area contributed by atoms with Crippen molar-refractivity contribution < 1.29 is 22.7 Å². The van der Waals surface area contributed by atoms with Gasteiger partial charge in [-0.1, -0.05) is 23.7 Å². The van der Waals surface area contributed by atoms with Gasteiger partial charge in [0.25, 0.3) is 0 Å². The van der Waals surface area contributed by atoms with Crippen LogP contribution in [0.5, 0.6) is 0 Å². The highest BCUT2D eigenvalue weighted by molar-refractivity contribution is 6.32. The van der Waals surface area contributed by atoms with Crippen LogP contribution in [0.2, 0.25) is 5.02 Å². The number of methoxy groups -OCH3 is 1. The molecule has 0 unspecified atom stereocenters. The number of carbonyl (C=O) groups excluding carboxylic acids is 1. The molecule has 0 bridgehead atoms. The topological polar surface area (TPSA) is 63.6 Å². The van der Waals surface area contributed by atoms with Gasteiger partial charge >= 0.3 is 12.1 Å². The Hall–Kier alpha value is -2.61. The lowest BCUT2D eigenvalue weighted by Gasteiger charge is -2.08. The molecule has 0 aliphatic heterocycles. The molecular weight excluding hydrogens is 347 g/mol. The number of hydrogen-bond donors (Lipinski definition) is 1. The van der Waals surface area contributed by atoms with Crippen molar-refractivity contribution in [3.8, 4) is 0 Å². The molecule has 24 heavy (non-hydrogen) atoms. The van der Waals surface area contributed by atoms with Gasteiger partial charge in [-0.3, -0.25) is 5.43 Å². The van der Waals surface area contributed by atoms with E-state index in [1.807, 2.05) is 0 Å². The summed E-state index contributed by atoms with van der Waals surface area (Å²) >= 11 is 5.74. The molecule has 5 nitrogen and oxygen atoms in total. The number of hydrogen-bond acceptors (Lipinski definition) is 5. The van der Waals surface area contributed by atoms with Gasteiger partial charge < -0.3 is 4.74 Å². The average molecular weight is 358 g/mol. The van der Waals surface area contributed by atoms with E-state index in [2.05, 4.69) is 20.2 Å². The van der Waals surface area contributed by atoms with Crippen LogP contribution in [-0.2, 0) is 10.9 Å². The van der Waals surface area contributed by atoms with Gasteiger partial charge in [0.1, 0.15) is 0 Å². The van der Waals surface area contributed by atoms with Crippen molar-refractivity contribution in [3.05, 3.63) is 58.2 Å². The second-order valence-corrected chi connectivity index (χ2v) is 4.94. The van der Waals surface area contributed by atoms with Crippen LogP contribution in [0, 0.1) is 0 Å². The van der Waals surface area contributed by atoms with E-state index in [-0.39, 0.29) is 10.8 Å². The minimum Gasteiger partial charge on any atom is -0.465 e. The molecule has 1 heterocycles. The third-order valence-electron chi connectivity index (χ3n) is 2.88. The normalized spacial score (nSPS) is 11.5. The molecule has 0 atom stereocenters. The molecule has 0 saturated heterocycles. The van der Waals surface area contributed by atoms with E-state index in [9.17, 15) is 18.0 Å². The molecule has 0 spiro atoms. The van der Waals surface area contributed by atoms with Gasteiger partial charge in [-0.05, 0) is 23.8 Å². The third kappa shape index (κ3) is 4.45. The van der Waals surface area contributed by atoms with E-state index in [0.717, 1.165) is 6.07 Å². The number of aromatic nitrogens is 1. The lowest BCUT2D eigenvalue weighted by atomic mass is 10.1. The standard InChI is InChI=1S/C15H11ClF3N3O2/c1-24-14(23)10-4-2-9(3-5-10)7-21-22-13-12(16)6-11(8-20-13)15(17,18)19/h2-8H,1H3,(H,20,22)/b21-7-. The zero-order valence-electron chi connectivity index (χ0n) is 12.3. The lowest BCUT2D eigenvalue weighted by Crippen LogP contribution is -2.06. The summed E-state index contributed by atoms with van der Waals surface area (Å²) in [5.41, 5.74) is 2.55. The quantitative estimate of drug-likeness (QED) is 0.510. The highest BCUT2D eigenvalue weighted by Gasteiger charge is 2.31. The van der Waals surface area contributed by atoms with Crippen molar-refractivity contribution in [2.75, 3.05) is 12.5 Å². The summed E-state index contributed by atoms with van der Waals surface area (Å²) in [7, 11) is 1.28. The van der Waals surface area contributed by atoms with Crippen LogP contribution in [-0.4, -0.2) is 24.3 Å². The maximum absolute atomic E-state index is 12.5. The maximum Gasteiger partial charge on any atom is 0.417 e. The van der Waals surface area contributed by atoms with Crippen molar-refractivity contribution in [1.82, 2.24) is 4.98 Å². The fraction of sp³-hybridized carbons (Fsp3) is 0.133. The number of ether oxygens (including phenoxy) is 1. The summed E-state index contributed by atoms with van der Waals surface area (Å²) in [6.45, 7) is 0. The van der Waals surface area contributed by atoms with Crippen LogP contribution < -0.4 is 5.43 Å².